The van der Waals surface area contributed by atoms with Crippen molar-refractivity contribution in [2.45, 2.75) is 27.3 Å². The number of nitrogen functional groups attached to an aromatic ring is 1. The highest BCUT2D eigenvalue weighted by molar-refractivity contribution is 6.08. The normalized spacial score (nSPS) is 10.4. The lowest BCUT2D eigenvalue weighted by Crippen LogP contribution is -2.33. The van der Waals surface area contributed by atoms with Gasteiger partial charge in [0, 0.05) is 12.1 Å². The summed E-state index contributed by atoms with van der Waals surface area (Å²) in [5, 5.41) is 6.99. The molecule has 0 saturated carbocycles. The maximum absolute atomic E-state index is 12.3. The second-order valence-electron chi connectivity index (χ2n) is 4.92. The Balaban J connectivity index is 2.36. The molecule has 2 rings (SSSR count). The van der Waals surface area contributed by atoms with Gasteiger partial charge in [0.25, 0.3) is 11.8 Å². The molecule has 7 heteroatoms. The predicted octanol–water partition coefficient (Wildman–Crippen LogP) is 1.38. The van der Waals surface area contributed by atoms with Crippen LogP contribution < -0.4 is 16.6 Å². The average Bonchev–Trinajstić information content (AvgIpc) is 2.83. The lowest BCUT2D eigenvalue weighted by atomic mass is 10.1. The number of hydrazine groups is 1. The van der Waals surface area contributed by atoms with Crippen molar-refractivity contribution in [1.29, 1.82) is 0 Å². The fourth-order valence-electron chi connectivity index (χ4n) is 2.15. The van der Waals surface area contributed by atoms with Gasteiger partial charge in [0.15, 0.2) is 5.69 Å². The van der Waals surface area contributed by atoms with Crippen LogP contribution in [0.15, 0.2) is 24.3 Å². The molecule has 1 heterocycles. The summed E-state index contributed by atoms with van der Waals surface area (Å²) in [4.78, 5) is 24.3. The standard InChI is InChI=1S/C15H19N5O2/c1-4-20-13(15(22)18-16)12(10(3)19-20)17-14(21)11-7-5-9(2)6-8-11/h5-8H,4,16H2,1-3H3,(H,17,21)(H,18,22). The van der Waals surface area contributed by atoms with Crippen LogP contribution in [-0.4, -0.2) is 21.6 Å². The molecule has 116 valence electrons. The van der Waals surface area contributed by atoms with E-state index in [-0.39, 0.29) is 11.6 Å². The number of nitrogens with zero attached hydrogens (tertiary/aromatic N) is 2. The van der Waals surface area contributed by atoms with E-state index < -0.39 is 5.91 Å². The van der Waals surface area contributed by atoms with E-state index in [0.717, 1.165) is 5.56 Å². The van der Waals surface area contributed by atoms with Crippen LogP contribution in [0.2, 0.25) is 0 Å². The molecule has 0 unspecified atom stereocenters. The van der Waals surface area contributed by atoms with E-state index in [1.807, 2.05) is 26.0 Å². The SMILES string of the molecule is CCn1nc(C)c(NC(=O)c2ccc(C)cc2)c1C(=O)NN. The van der Waals surface area contributed by atoms with Crippen LogP contribution in [0.1, 0.15) is 39.0 Å². The minimum atomic E-state index is -0.498. The fourth-order valence-corrected chi connectivity index (χ4v) is 2.15. The highest BCUT2D eigenvalue weighted by Crippen LogP contribution is 2.21. The smallest absolute Gasteiger partial charge is 0.285 e. The number of benzene rings is 1. The molecule has 2 amide bonds. The Kier molecular flexibility index (Phi) is 4.57. The first kappa shape index (κ1) is 15.7. The molecular weight excluding hydrogens is 282 g/mol. The van der Waals surface area contributed by atoms with Gasteiger partial charge >= 0.3 is 0 Å². The zero-order chi connectivity index (χ0) is 16.3. The number of nitrogens with one attached hydrogen (secondary N) is 2. The summed E-state index contributed by atoms with van der Waals surface area (Å²) in [5.41, 5.74) is 4.82. The van der Waals surface area contributed by atoms with Gasteiger partial charge in [-0.1, -0.05) is 17.7 Å². The highest BCUT2D eigenvalue weighted by Gasteiger charge is 2.22. The molecule has 0 radical (unpaired) electrons. The van der Waals surface area contributed by atoms with Crippen LogP contribution >= 0.6 is 0 Å². The van der Waals surface area contributed by atoms with Gasteiger partial charge in [0.05, 0.1) is 11.4 Å². The van der Waals surface area contributed by atoms with Gasteiger partial charge in [0.1, 0.15) is 0 Å². The van der Waals surface area contributed by atoms with Crippen molar-refractivity contribution in [3.63, 3.8) is 0 Å². The van der Waals surface area contributed by atoms with Gasteiger partial charge in [-0.2, -0.15) is 5.10 Å². The monoisotopic (exact) mass is 301 g/mol. The van der Waals surface area contributed by atoms with E-state index in [9.17, 15) is 9.59 Å². The minimum absolute atomic E-state index is 0.239. The Morgan fingerprint density at radius 3 is 2.36 bits per heavy atom. The summed E-state index contributed by atoms with van der Waals surface area (Å²) < 4.78 is 1.50. The molecule has 0 aliphatic rings. The second-order valence-corrected chi connectivity index (χ2v) is 4.92. The van der Waals surface area contributed by atoms with E-state index in [0.29, 0.717) is 23.5 Å². The van der Waals surface area contributed by atoms with Crippen LogP contribution in [0, 0.1) is 13.8 Å². The number of hydrogen-bond donors (Lipinski definition) is 3. The maximum atomic E-state index is 12.3. The number of rotatable bonds is 4. The van der Waals surface area contributed by atoms with Crippen molar-refractivity contribution < 1.29 is 9.59 Å². The molecule has 1 aromatic heterocycles. The van der Waals surface area contributed by atoms with Crippen LogP contribution in [0.5, 0.6) is 0 Å². The molecule has 0 aliphatic heterocycles. The quantitative estimate of drug-likeness (QED) is 0.451. The first-order valence-electron chi connectivity index (χ1n) is 6.94. The van der Waals surface area contributed by atoms with E-state index in [4.69, 9.17) is 5.84 Å². The molecule has 0 atom stereocenters. The summed E-state index contributed by atoms with van der Waals surface area (Å²) in [5.74, 6) is 4.41. The Morgan fingerprint density at radius 2 is 1.82 bits per heavy atom. The highest BCUT2D eigenvalue weighted by atomic mass is 16.2. The molecule has 1 aromatic carbocycles. The molecule has 0 bridgehead atoms. The molecular formula is C15H19N5O2. The molecule has 4 N–H and O–H groups in total. The first-order chi connectivity index (χ1) is 10.5. The van der Waals surface area contributed by atoms with E-state index in [1.54, 1.807) is 19.1 Å². The van der Waals surface area contributed by atoms with E-state index in [2.05, 4.69) is 15.8 Å². The minimum Gasteiger partial charge on any atom is -0.318 e. The van der Waals surface area contributed by atoms with Crippen LogP contribution in [-0.2, 0) is 6.54 Å². The number of carbonyl (C=O) groups is 2. The molecule has 0 aliphatic carbocycles. The van der Waals surface area contributed by atoms with Gasteiger partial charge in [-0.25, -0.2) is 5.84 Å². The Hall–Kier alpha value is -2.67. The topological polar surface area (TPSA) is 102 Å². The van der Waals surface area contributed by atoms with Crippen LogP contribution in [0.3, 0.4) is 0 Å². The molecule has 7 nitrogen and oxygen atoms in total. The Bertz CT molecular complexity index is 703. The van der Waals surface area contributed by atoms with Gasteiger partial charge in [0.2, 0.25) is 0 Å². The summed E-state index contributed by atoms with van der Waals surface area (Å²) in [6, 6.07) is 7.16. The molecule has 2 aromatic rings. The molecule has 0 saturated heterocycles. The van der Waals surface area contributed by atoms with Gasteiger partial charge < -0.3 is 5.32 Å². The molecule has 0 fully saturated rings. The van der Waals surface area contributed by atoms with Crippen molar-refractivity contribution >= 4 is 17.5 Å². The zero-order valence-corrected chi connectivity index (χ0v) is 12.8. The average molecular weight is 301 g/mol. The van der Waals surface area contributed by atoms with Crippen molar-refractivity contribution in [3.8, 4) is 0 Å². The fraction of sp³-hybridized carbons (Fsp3) is 0.267. The third kappa shape index (κ3) is 2.99. The maximum Gasteiger partial charge on any atom is 0.285 e. The number of carbonyl (C=O) groups excluding carboxylic acids is 2. The van der Waals surface area contributed by atoms with Crippen molar-refractivity contribution in [2.24, 2.45) is 5.84 Å². The largest absolute Gasteiger partial charge is 0.318 e. The number of aromatic nitrogens is 2. The van der Waals surface area contributed by atoms with Gasteiger partial charge in [-0.05, 0) is 32.9 Å². The van der Waals surface area contributed by atoms with E-state index in [1.165, 1.54) is 4.68 Å². The molecule has 0 spiro atoms. The van der Waals surface area contributed by atoms with Crippen LogP contribution in [0.25, 0.3) is 0 Å². The Labute approximate surface area is 128 Å². The lowest BCUT2D eigenvalue weighted by molar-refractivity contribution is 0.0944. The third-order valence-electron chi connectivity index (χ3n) is 3.33. The zero-order valence-electron chi connectivity index (χ0n) is 12.8. The summed E-state index contributed by atoms with van der Waals surface area (Å²) in [7, 11) is 0. The third-order valence-corrected chi connectivity index (χ3v) is 3.33. The summed E-state index contributed by atoms with van der Waals surface area (Å²) in [6.45, 7) is 6.01. The number of nitrogens with two attached hydrogens (primary N) is 1. The summed E-state index contributed by atoms with van der Waals surface area (Å²) >= 11 is 0. The lowest BCUT2D eigenvalue weighted by Gasteiger charge is -2.08. The second kappa shape index (κ2) is 6.40. The predicted molar refractivity (Wildman–Crippen MR) is 83.4 cm³/mol. The number of aryl methyl sites for hydroxylation is 3. The van der Waals surface area contributed by atoms with Crippen molar-refractivity contribution in [3.05, 3.63) is 46.8 Å². The van der Waals surface area contributed by atoms with Crippen molar-refractivity contribution in [1.82, 2.24) is 15.2 Å². The molecule has 22 heavy (non-hydrogen) atoms. The van der Waals surface area contributed by atoms with Crippen LogP contribution in [0.4, 0.5) is 5.69 Å². The van der Waals surface area contributed by atoms with Gasteiger partial charge in [-0.3, -0.25) is 19.7 Å². The van der Waals surface area contributed by atoms with Gasteiger partial charge in [-0.15, -0.1) is 0 Å². The van der Waals surface area contributed by atoms with Crippen molar-refractivity contribution in [2.75, 3.05) is 5.32 Å². The first-order valence-corrected chi connectivity index (χ1v) is 6.94. The number of hydrogen-bond acceptors (Lipinski definition) is 4. The number of anilines is 1. The van der Waals surface area contributed by atoms with E-state index >= 15 is 0 Å². The Morgan fingerprint density at radius 1 is 1.18 bits per heavy atom. The summed E-state index contributed by atoms with van der Waals surface area (Å²) in [6.07, 6.45) is 0. The number of amides is 2.